The van der Waals surface area contributed by atoms with Crippen LogP contribution in [0, 0.1) is 6.92 Å². The van der Waals surface area contributed by atoms with Crippen LogP contribution in [0.3, 0.4) is 0 Å². The molecule has 3 N–H and O–H groups in total. The topological polar surface area (TPSA) is 38.0 Å². The summed E-state index contributed by atoms with van der Waals surface area (Å²) in [4.78, 5) is 2.53. The fourth-order valence-corrected chi connectivity index (χ4v) is 2.92. The fourth-order valence-electron chi connectivity index (χ4n) is 1.77. The number of thiophene rings is 1. The van der Waals surface area contributed by atoms with Crippen molar-refractivity contribution in [2.45, 2.75) is 19.4 Å². The van der Waals surface area contributed by atoms with Crippen LogP contribution in [-0.4, -0.2) is 0 Å². The maximum absolute atomic E-state index is 6.15. The SMILES string of the molecule is Cc1ccc(C(Cc2ccccc2Cl)NN)s1. The number of hydrogen-bond acceptors (Lipinski definition) is 3. The van der Waals surface area contributed by atoms with Gasteiger partial charge in [0.2, 0.25) is 0 Å². The van der Waals surface area contributed by atoms with E-state index in [-0.39, 0.29) is 6.04 Å². The van der Waals surface area contributed by atoms with Gasteiger partial charge in [0.25, 0.3) is 0 Å². The van der Waals surface area contributed by atoms with Crippen molar-refractivity contribution in [3.8, 4) is 0 Å². The Labute approximate surface area is 110 Å². The molecule has 0 spiro atoms. The Kier molecular flexibility index (Phi) is 4.18. The van der Waals surface area contributed by atoms with Gasteiger partial charge in [-0.1, -0.05) is 29.8 Å². The van der Waals surface area contributed by atoms with Crippen molar-refractivity contribution >= 4 is 22.9 Å². The van der Waals surface area contributed by atoms with Gasteiger partial charge in [-0.2, -0.15) is 0 Å². The second-order valence-electron chi connectivity index (χ2n) is 3.96. The number of hydrazine groups is 1. The third-order valence-electron chi connectivity index (χ3n) is 2.69. The zero-order valence-corrected chi connectivity index (χ0v) is 11.2. The molecule has 1 atom stereocenters. The van der Waals surface area contributed by atoms with Gasteiger partial charge in [0, 0.05) is 14.8 Å². The van der Waals surface area contributed by atoms with E-state index in [1.54, 1.807) is 11.3 Å². The third kappa shape index (κ3) is 3.07. The smallest absolute Gasteiger partial charge is 0.0594 e. The number of benzene rings is 1. The van der Waals surface area contributed by atoms with Crippen molar-refractivity contribution in [1.29, 1.82) is 0 Å². The van der Waals surface area contributed by atoms with Gasteiger partial charge in [-0.15, -0.1) is 11.3 Å². The minimum absolute atomic E-state index is 0.119. The molecule has 0 aliphatic carbocycles. The van der Waals surface area contributed by atoms with Crippen LogP contribution in [0.2, 0.25) is 5.02 Å². The molecule has 0 aliphatic heterocycles. The molecule has 0 radical (unpaired) electrons. The molecule has 0 aliphatic rings. The summed E-state index contributed by atoms with van der Waals surface area (Å²) in [6.07, 6.45) is 0.802. The third-order valence-corrected chi connectivity index (χ3v) is 4.17. The first-order valence-corrected chi connectivity index (χ1v) is 6.66. The molecule has 1 unspecified atom stereocenters. The number of rotatable bonds is 4. The Hall–Kier alpha value is -0.870. The lowest BCUT2D eigenvalue weighted by atomic mass is 10.1. The maximum Gasteiger partial charge on any atom is 0.0594 e. The van der Waals surface area contributed by atoms with Crippen LogP contribution in [0.15, 0.2) is 36.4 Å². The van der Waals surface area contributed by atoms with Crippen LogP contribution in [0.1, 0.15) is 21.4 Å². The second-order valence-corrected chi connectivity index (χ2v) is 5.69. The molecule has 0 fully saturated rings. The largest absolute Gasteiger partial charge is 0.271 e. The van der Waals surface area contributed by atoms with E-state index in [1.807, 2.05) is 24.3 Å². The van der Waals surface area contributed by atoms with Crippen molar-refractivity contribution < 1.29 is 0 Å². The predicted octanol–water partition coefficient (Wildman–Crippen LogP) is 3.46. The summed E-state index contributed by atoms with van der Waals surface area (Å²) in [7, 11) is 0. The molecule has 0 amide bonds. The van der Waals surface area contributed by atoms with Gasteiger partial charge in [0.1, 0.15) is 0 Å². The minimum atomic E-state index is 0.119. The van der Waals surface area contributed by atoms with Gasteiger partial charge in [-0.05, 0) is 37.1 Å². The van der Waals surface area contributed by atoms with E-state index < -0.39 is 0 Å². The molecule has 0 saturated carbocycles. The first-order valence-electron chi connectivity index (χ1n) is 5.46. The predicted molar refractivity (Wildman–Crippen MR) is 74.3 cm³/mol. The summed E-state index contributed by atoms with van der Waals surface area (Å²) in [5.41, 5.74) is 3.97. The van der Waals surface area contributed by atoms with Crippen molar-refractivity contribution in [1.82, 2.24) is 5.43 Å². The highest BCUT2D eigenvalue weighted by molar-refractivity contribution is 7.12. The van der Waals surface area contributed by atoms with Crippen LogP contribution in [-0.2, 0) is 6.42 Å². The molecule has 0 saturated heterocycles. The Morgan fingerprint density at radius 2 is 2.06 bits per heavy atom. The lowest BCUT2D eigenvalue weighted by Crippen LogP contribution is -2.29. The normalized spacial score (nSPS) is 12.6. The lowest BCUT2D eigenvalue weighted by molar-refractivity contribution is 0.561. The number of aryl methyl sites for hydroxylation is 1. The molecule has 1 heterocycles. The molecule has 2 rings (SSSR count). The number of halogens is 1. The average Bonchev–Trinajstić information content (AvgIpc) is 2.75. The first kappa shape index (κ1) is 12.6. The summed E-state index contributed by atoms with van der Waals surface area (Å²) in [5.74, 6) is 5.63. The molecule has 0 bridgehead atoms. The summed E-state index contributed by atoms with van der Waals surface area (Å²) in [6.45, 7) is 2.09. The van der Waals surface area contributed by atoms with E-state index >= 15 is 0 Å². The average molecular weight is 267 g/mol. The molecular weight excluding hydrogens is 252 g/mol. The van der Waals surface area contributed by atoms with Crippen LogP contribution in [0.4, 0.5) is 0 Å². The van der Waals surface area contributed by atoms with Gasteiger partial charge in [0.15, 0.2) is 0 Å². The van der Waals surface area contributed by atoms with Crippen LogP contribution in [0.25, 0.3) is 0 Å². The zero-order chi connectivity index (χ0) is 12.3. The molecule has 1 aromatic carbocycles. The highest BCUT2D eigenvalue weighted by atomic mass is 35.5. The number of hydrogen-bond donors (Lipinski definition) is 2. The van der Waals surface area contributed by atoms with Gasteiger partial charge in [-0.25, -0.2) is 0 Å². The molecular formula is C13H15ClN2S. The van der Waals surface area contributed by atoms with E-state index in [4.69, 9.17) is 17.4 Å². The molecule has 17 heavy (non-hydrogen) atoms. The quantitative estimate of drug-likeness (QED) is 0.657. The van der Waals surface area contributed by atoms with E-state index in [1.165, 1.54) is 9.75 Å². The molecule has 2 nitrogen and oxygen atoms in total. The van der Waals surface area contributed by atoms with Gasteiger partial charge in [-0.3, -0.25) is 11.3 Å². The zero-order valence-electron chi connectivity index (χ0n) is 9.61. The Morgan fingerprint density at radius 1 is 1.29 bits per heavy atom. The van der Waals surface area contributed by atoms with Gasteiger partial charge < -0.3 is 0 Å². The molecule has 2 aromatic rings. The number of nitrogens with two attached hydrogens (primary N) is 1. The molecule has 1 aromatic heterocycles. The van der Waals surface area contributed by atoms with Gasteiger partial charge >= 0.3 is 0 Å². The fraction of sp³-hybridized carbons (Fsp3) is 0.231. The molecule has 90 valence electrons. The maximum atomic E-state index is 6.15. The Balaban J connectivity index is 2.18. The summed E-state index contributed by atoms with van der Waals surface area (Å²) >= 11 is 7.91. The van der Waals surface area contributed by atoms with E-state index in [9.17, 15) is 0 Å². The Bertz CT molecular complexity index is 496. The highest BCUT2D eigenvalue weighted by Gasteiger charge is 2.13. The van der Waals surface area contributed by atoms with E-state index in [2.05, 4.69) is 24.5 Å². The van der Waals surface area contributed by atoms with Gasteiger partial charge in [0.05, 0.1) is 6.04 Å². The summed E-state index contributed by atoms with van der Waals surface area (Å²) < 4.78 is 0. The molecule has 4 heteroatoms. The van der Waals surface area contributed by atoms with Crippen molar-refractivity contribution in [2.24, 2.45) is 5.84 Å². The highest BCUT2D eigenvalue weighted by Crippen LogP contribution is 2.27. The van der Waals surface area contributed by atoms with Crippen molar-refractivity contribution in [3.63, 3.8) is 0 Å². The van der Waals surface area contributed by atoms with Crippen LogP contribution in [0.5, 0.6) is 0 Å². The lowest BCUT2D eigenvalue weighted by Gasteiger charge is -2.15. The van der Waals surface area contributed by atoms with Crippen molar-refractivity contribution in [3.05, 3.63) is 56.7 Å². The Morgan fingerprint density at radius 3 is 2.65 bits per heavy atom. The number of nitrogens with one attached hydrogen (secondary N) is 1. The standard InChI is InChI=1S/C13H15ClN2S/c1-9-6-7-13(17-9)12(16-15)8-10-4-2-3-5-11(10)14/h2-7,12,16H,8,15H2,1H3. The van der Waals surface area contributed by atoms with Crippen LogP contribution >= 0.6 is 22.9 Å². The summed E-state index contributed by atoms with van der Waals surface area (Å²) in [5, 5.41) is 0.793. The first-order chi connectivity index (χ1) is 8.20. The van der Waals surface area contributed by atoms with E-state index in [0.29, 0.717) is 0 Å². The summed E-state index contributed by atoms with van der Waals surface area (Å²) in [6, 6.07) is 12.2. The minimum Gasteiger partial charge on any atom is -0.271 e. The van der Waals surface area contributed by atoms with Crippen molar-refractivity contribution in [2.75, 3.05) is 0 Å². The monoisotopic (exact) mass is 266 g/mol. The second kappa shape index (κ2) is 5.65. The van der Waals surface area contributed by atoms with Crippen LogP contribution < -0.4 is 11.3 Å². The van der Waals surface area contributed by atoms with E-state index in [0.717, 1.165) is 17.0 Å².